The molecule has 1 aromatic heterocycles. The van der Waals surface area contributed by atoms with Crippen LogP contribution in [0.3, 0.4) is 0 Å². The number of carboxylic acid groups (broad SMARTS) is 1. The number of piperazine rings is 1. The van der Waals surface area contributed by atoms with Gasteiger partial charge in [-0.2, -0.15) is 0 Å². The Hall–Kier alpha value is -1.89. The number of carbonyl (C=O) groups excluding carboxylic acids is 1. The lowest BCUT2D eigenvalue weighted by molar-refractivity contribution is -0.133. The standard InChI is InChI=1S/C11H16N4O3/c1-13-2-4-15(5-3-13)10(16)7-14-6-9(11(17)18)12-8-14/h6,8H,2-5,7H2,1H3,(H,17,18). The van der Waals surface area contributed by atoms with Gasteiger partial charge in [-0.1, -0.05) is 0 Å². The highest BCUT2D eigenvalue weighted by Gasteiger charge is 2.19. The highest BCUT2D eigenvalue weighted by molar-refractivity contribution is 5.85. The van der Waals surface area contributed by atoms with Crippen LogP contribution in [0.4, 0.5) is 0 Å². The van der Waals surface area contributed by atoms with E-state index in [9.17, 15) is 9.59 Å². The molecule has 0 radical (unpaired) electrons. The maximum Gasteiger partial charge on any atom is 0.356 e. The maximum atomic E-state index is 12.0. The highest BCUT2D eigenvalue weighted by Crippen LogP contribution is 2.02. The number of likely N-dealkylation sites (N-methyl/N-ethyl adjacent to an activating group) is 1. The summed E-state index contributed by atoms with van der Waals surface area (Å²) in [5, 5.41) is 8.73. The second kappa shape index (κ2) is 5.18. The molecular weight excluding hydrogens is 236 g/mol. The smallest absolute Gasteiger partial charge is 0.356 e. The van der Waals surface area contributed by atoms with Crippen molar-refractivity contribution >= 4 is 11.9 Å². The molecule has 1 aliphatic heterocycles. The molecule has 0 bridgehead atoms. The number of rotatable bonds is 3. The lowest BCUT2D eigenvalue weighted by Crippen LogP contribution is -2.48. The summed E-state index contributed by atoms with van der Waals surface area (Å²) >= 11 is 0. The summed E-state index contributed by atoms with van der Waals surface area (Å²) < 4.78 is 1.50. The van der Waals surface area contributed by atoms with Gasteiger partial charge in [0.05, 0.1) is 6.33 Å². The molecule has 7 heteroatoms. The van der Waals surface area contributed by atoms with Crippen LogP contribution in [0.25, 0.3) is 0 Å². The normalized spacial score (nSPS) is 16.8. The molecule has 1 aromatic rings. The minimum absolute atomic E-state index is 0.00237. The number of imidazole rings is 1. The molecule has 1 saturated heterocycles. The van der Waals surface area contributed by atoms with Crippen LogP contribution < -0.4 is 0 Å². The van der Waals surface area contributed by atoms with Gasteiger partial charge < -0.3 is 19.5 Å². The number of hydrogen-bond acceptors (Lipinski definition) is 4. The van der Waals surface area contributed by atoms with E-state index in [-0.39, 0.29) is 18.1 Å². The van der Waals surface area contributed by atoms with Gasteiger partial charge >= 0.3 is 5.97 Å². The Morgan fingerprint density at radius 1 is 1.33 bits per heavy atom. The van der Waals surface area contributed by atoms with Crippen molar-refractivity contribution in [1.82, 2.24) is 19.4 Å². The van der Waals surface area contributed by atoms with Gasteiger partial charge in [0.2, 0.25) is 5.91 Å². The Morgan fingerprint density at radius 2 is 2.00 bits per heavy atom. The minimum atomic E-state index is -1.08. The van der Waals surface area contributed by atoms with E-state index in [2.05, 4.69) is 9.88 Å². The monoisotopic (exact) mass is 252 g/mol. The van der Waals surface area contributed by atoms with Crippen molar-refractivity contribution < 1.29 is 14.7 Å². The molecule has 1 fully saturated rings. The molecule has 0 aromatic carbocycles. The number of hydrogen-bond donors (Lipinski definition) is 1. The molecule has 0 aliphatic carbocycles. The number of amides is 1. The lowest BCUT2D eigenvalue weighted by atomic mass is 10.3. The van der Waals surface area contributed by atoms with E-state index < -0.39 is 5.97 Å². The SMILES string of the molecule is CN1CCN(C(=O)Cn2cnc(C(=O)O)c2)CC1. The summed E-state index contributed by atoms with van der Waals surface area (Å²) in [5.41, 5.74) is -0.0406. The third-order valence-electron chi connectivity index (χ3n) is 3.03. The van der Waals surface area contributed by atoms with Crippen molar-refractivity contribution in [2.75, 3.05) is 33.2 Å². The van der Waals surface area contributed by atoms with E-state index in [4.69, 9.17) is 5.11 Å². The van der Waals surface area contributed by atoms with Crippen LogP contribution in [0.1, 0.15) is 10.5 Å². The van der Waals surface area contributed by atoms with E-state index in [1.807, 2.05) is 7.05 Å². The summed E-state index contributed by atoms with van der Waals surface area (Å²) in [4.78, 5) is 30.3. The van der Waals surface area contributed by atoms with Crippen LogP contribution in [-0.2, 0) is 11.3 Å². The van der Waals surface area contributed by atoms with E-state index in [1.165, 1.54) is 17.1 Å². The van der Waals surface area contributed by atoms with Crippen molar-refractivity contribution in [3.8, 4) is 0 Å². The van der Waals surface area contributed by atoms with Gasteiger partial charge in [0.15, 0.2) is 5.69 Å². The molecule has 0 atom stereocenters. The highest BCUT2D eigenvalue weighted by atomic mass is 16.4. The predicted molar refractivity (Wildman–Crippen MR) is 63.3 cm³/mol. The van der Waals surface area contributed by atoms with Gasteiger partial charge in [0, 0.05) is 32.4 Å². The molecule has 7 nitrogen and oxygen atoms in total. The molecule has 2 heterocycles. The predicted octanol–water partition coefficient (Wildman–Crippen LogP) is -0.645. The quantitative estimate of drug-likeness (QED) is 0.773. The number of nitrogens with zero attached hydrogens (tertiary/aromatic N) is 4. The number of carboxylic acids is 1. The first-order chi connectivity index (χ1) is 8.56. The summed E-state index contributed by atoms with van der Waals surface area (Å²) in [6, 6.07) is 0. The molecule has 1 amide bonds. The van der Waals surface area contributed by atoms with Crippen molar-refractivity contribution in [3.05, 3.63) is 18.2 Å². The van der Waals surface area contributed by atoms with E-state index in [0.29, 0.717) is 0 Å². The first kappa shape index (κ1) is 12.6. The first-order valence-corrected chi connectivity index (χ1v) is 5.77. The molecule has 98 valence electrons. The molecule has 18 heavy (non-hydrogen) atoms. The van der Waals surface area contributed by atoms with E-state index >= 15 is 0 Å². The van der Waals surface area contributed by atoms with Crippen LogP contribution >= 0.6 is 0 Å². The molecular formula is C11H16N4O3. The molecule has 1 N–H and O–H groups in total. The van der Waals surface area contributed by atoms with Crippen molar-refractivity contribution in [2.45, 2.75) is 6.54 Å². The summed E-state index contributed by atoms with van der Waals surface area (Å²) in [6.45, 7) is 3.32. The number of carbonyl (C=O) groups is 2. The molecule has 0 spiro atoms. The van der Waals surface area contributed by atoms with Crippen LogP contribution in [0.5, 0.6) is 0 Å². The Bertz CT molecular complexity index is 449. The summed E-state index contributed by atoms with van der Waals surface area (Å²) in [6.07, 6.45) is 2.74. The fraction of sp³-hybridized carbons (Fsp3) is 0.545. The third kappa shape index (κ3) is 2.86. The topological polar surface area (TPSA) is 78.7 Å². The zero-order valence-corrected chi connectivity index (χ0v) is 10.2. The van der Waals surface area contributed by atoms with Crippen LogP contribution in [0, 0.1) is 0 Å². The molecule has 1 aliphatic rings. The van der Waals surface area contributed by atoms with Gasteiger partial charge in [-0.15, -0.1) is 0 Å². The van der Waals surface area contributed by atoms with Crippen molar-refractivity contribution in [1.29, 1.82) is 0 Å². The second-order valence-corrected chi connectivity index (χ2v) is 4.42. The Balaban J connectivity index is 1.92. The zero-order valence-electron chi connectivity index (χ0n) is 10.2. The molecule has 0 unspecified atom stereocenters. The van der Waals surface area contributed by atoms with Gasteiger partial charge in [-0.3, -0.25) is 4.79 Å². The Labute approximate surface area is 105 Å². The van der Waals surface area contributed by atoms with Gasteiger partial charge in [0.1, 0.15) is 6.54 Å². The van der Waals surface area contributed by atoms with Gasteiger partial charge in [-0.05, 0) is 7.05 Å². The van der Waals surface area contributed by atoms with Crippen LogP contribution in [0.15, 0.2) is 12.5 Å². The van der Waals surface area contributed by atoms with Crippen LogP contribution in [0.2, 0.25) is 0 Å². The Morgan fingerprint density at radius 3 is 2.56 bits per heavy atom. The summed E-state index contributed by atoms with van der Waals surface area (Å²) in [5.74, 6) is -1.08. The fourth-order valence-electron chi connectivity index (χ4n) is 1.87. The van der Waals surface area contributed by atoms with E-state index in [0.717, 1.165) is 26.2 Å². The van der Waals surface area contributed by atoms with Gasteiger partial charge in [-0.25, -0.2) is 9.78 Å². The number of aromatic nitrogens is 2. The largest absolute Gasteiger partial charge is 0.476 e. The zero-order chi connectivity index (χ0) is 13.1. The van der Waals surface area contributed by atoms with Crippen molar-refractivity contribution in [2.24, 2.45) is 0 Å². The second-order valence-electron chi connectivity index (χ2n) is 4.42. The lowest BCUT2D eigenvalue weighted by Gasteiger charge is -2.32. The molecule has 0 saturated carbocycles. The maximum absolute atomic E-state index is 12.0. The third-order valence-corrected chi connectivity index (χ3v) is 3.03. The average Bonchev–Trinajstić information content (AvgIpc) is 2.78. The molecule has 2 rings (SSSR count). The fourth-order valence-corrected chi connectivity index (χ4v) is 1.87. The first-order valence-electron chi connectivity index (χ1n) is 5.77. The number of aromatic carboxylic acids is 1. The summed E-state index contributed by atoms with van der Waals surface area (Å²) in [7, 11) is 2.02. The van der Waals surface area contributed by atoms with Crippen LogP contribution in [-0.4, -0.2) is 69.6 Å². The van der Waals surface area contributed by atoms with Crippen molar-refractivity contribution in [3.63, 3.8) is 0 Å². The minimum Gasteiger partial charge on any atom is -0.476 e. The Kier molecular flexibility index (Phi) is 3.61. The average molecular weight is 252 g/mol. The van der Waals surface area contributed by atoms with E-state index in [1.54, 1.807) is 4.90 Å². The van der Waals surface area contributed by atoms with Gasteiger partial charge in [0.25, 0.3) is 0 Å².